The van der Waals surface area contributed by atoms with Crippen LogP contribution < -0.4 is 0 Å². The molecule has 2 aliphatic rings. The van der Waals surface area contributed by atoms with E-state index in [4.69, 9.17) is 4.74 Å². The molecule has 0 N–H and O–H groups in total. The Morgan fingerprint density at radius 2 is 1.95 bits per heavy atom. The minimum absolute atomic E-state index is 0.177. The monoisotopic (exact) mass is 267 g/mol. The van der Waals surface area contributed by atoms with E-state index in [0.717, 1.165) is 45.4 Å². The topological polar surface area (TPSA) is 29.5 Å². The number of rotatable bonds is 6. The van der Waals surface area contributed by atoms with Crippen molar-refractivity contribution in [3.63, 3.8) is 0 Å². The summed E-state index contributed by atoms with van der Waals surface area (Å²) in [6.07, 6.45) is 6.31. The fourth-order valence-electron chi connectivity index (χ4n) is 3.28. The van der Waals surface area contributed by atoms with Crippen molar-refractivity contribution in [3.8, 4) is 0 Å². The zero-order valence-corrected chi connectivity index (χ0v) is 12.8. The maximum Gasteiger partial charge on any atom is 0.223 e. The Morgan fingerprint density at radius 1 is 1.32 bits per heavy atom. The highest BCUT2D eigenvalue weighted by Gasteiger charge is 2.41. The van der Waals surface area contributed by atoms with Crippen LogP contribution in [-0.2, 0) is 9.53 Å². The van der Waals surface area contributed by atoms with Crippen molar-refractivity contribution in [2.75, 3.05) is 19.8 Å². The normalized spacial score (nSPS) is 22.5. The molecule has 0 spiro atoms. The van der Waals surface area contributed by atoms with Gasteiger partial charge in [0, 0.05) is 32.2 Å². The SMILES string of the molecule is CCCN(C(=O)CC1(C(C)C)CCOCC1)C1CC1. The summed E-state index contributed by atoms with van der Waals surface area (Å²) < 4.78 is 5.50. The molecule has 2 rings (SSSR count). The predicted molar refractivity (Wildman–Crippen MR) is 77.0 cm³/mol. The van der Waals surface area contributed by atoms with Crippen molar-refractivity contribution in [1.82, 2.24) is 4.90 Å². The average Bonchev–Trinajstić information content (AvgIpc) is 3.21. The van der Waals surface area contributed by atoms with Crippen LogP contribution in [0.25, 0.3) is 0 Å². The van der Waals surface area contributed by atoms with E-state index in [1.807, 2.05) is 0 Å². The first kappa shape index (κ1) is 14.8. The number of nitrogens with zero attached hydrogens (tertiary/aromatic N) is 1. The van der Waals surface area contributed by atoms with Crippen LogP contribution in [0.1, 0.15) is 59.3 Å². The van der Waals surface area contributed by atoms with E-state index in [1.54, 1.807) is 0 Å². The Hall–Kier alpha value is -0.570. The lowest BCUT2D eigenvalue weighted by atomic mass is 9.69. The molecule has 1 aliphatic heterocycles. The molecule has 1 saturated heterocycles. The van der Waals surface area contributed by atoms with Crippen LogP contribution in [-0.4, -0.2) is 36.6 Å². The zero-order chi connectivity index (χ0) is 13.9. The maximum atomic E-state index is 12.7. The van der Waals surface area contributed by atoms with Gasteiger partial charge in [-0.1, -0.05) is 20.8 Å². The number of carbonyl (C=O) groups is 1. The third-order valence-corrected chi connectivity index (χ3v) is 4.99. The smallest absolute Gasteiger partial charge is 0.223 e. The third kappa shape index (κ3) is 3.50. The first-order valence-corrected chi connectivity index (χ1v) is 7.96. The Morgan fingerprint density at radius 3 is 2.42 bits per heavy atom. The molecule has 0 aromatic carbocycles. The second-order valence-electron chi connectivity index (χ2n) is 6.62. The summed E-state index contributed by atoms with van der Waals surface area (Å²) in [6.45, 7) is 9.27. The highest BCUT2D eigenvalue weighted by atomic mass is 16.5. The van der Waals surface area contributed by atoms with E-state index in [0.29, 0.717) is 17.9 Å². The highest BCUT2D eigenvalue weighted by Crippen LogP contribution is 2.42. The van der Waals surface area contributed by atoms with Gasteiger partial charge in [0.05, 0.1) is 0 Å². The molecule has 3 nitrogen and oxygen atoms in total. The van der Waals surface area contributed by atoms with Crippen molar-refractivity contribution in [2.45, 2.75) is 65.3 Å². The lowest BCUT2D eigenvalue weighted by molar-refractivity contribution is -0.137. The van der Waals surface area contributed by atoms with E-state index >= 15 is 0 Å². The molecule has 1 heterocycles. The van der Waals surface area contributed by atoms with Crippen LogP contribution in [0.5, 0.6) is 0 Å². The van der Waals surface area contributed by atoms with Crippen molar-refractivity contribution < 1.29 is 9.53 Å². The van der Waals surface area contributed by atoms with Crippen LogP contribution in [0.4, 0.5) is 0 Å². The second kappa shape index (κ2) is 6.25. The summed E-state index contributed by atoms with van der Waals surface area (Å²) in [5.74, 6) is 0.947. The largest absolute Gasteiger partial charge is 0.381 e. The van der Waals surface area contributed by atoms with E-state index < -0.39 is 0 Å². The molecule has 0 bridgehead atoms. The Kier molecular flexibility index (Phi) is 4.88. The summed E-state index contributed by atoms with van der Waals surface area (Å²) in [5.41, 5.74) is 0.177. The Labute approximate surface area is 117 Å². The van der Waals surface area contributed by atoms with Crippen LogP contribution >= 0.6 is 0 Å². The van der Waals surface area contributed by atoms with Gasteiger partial charge in [-0.15, -0.1) is 0 Å². The molecule has 19 heavy (non-hydrogen) atoms. The first-order valence-electron chi connectivity index (χ1n) is 7.96. The standard InChI is InChI=1S/C16H29NO2/c1-4-9-17(14-5-6-14)15(18)12-16(13(2)3)7-10-19-11-8-16/h13-14H,4-12H2,1-3H3. The fraction of sp³-hybridized carbons (Fsp3) is 0.938. The summed E-state index contributed by atoms with van der Waals surface area (Å²) in [6, 6.07) is 0.552. The van der Waals surface area contributed by atoms with Crippen LogP contribution in [0.2, 0.25) is 0 Å². The molecule has 0 atom stereocenters. The molecule has 0 unspecified atom stereocenters. The van der Waals surface area contributed by atoms with E-state index in [-0.39, 0.29) is 5.41 Å². The zero-order valence-electron chi connectivity index (χ0n) is 12.8. The number of carbonyl (C=O) groups excluding carboxylic acids is 1. The molecule has 0 radical (unpaired) electrons. The molecule has 0 aromatic heterocycles. The molecule has 1 saturated carbocycles. The summed E-state index contributed by atoms with van der Waals surface area (Å²) in [4.78, 5) is 14.8. The van der Waals surface area contributed by atoms with Crippen molar-refractivity contribution >= 4 is 5.91 Å². The third-order valence-electron chi connectivity index (χ3n) is 4.99. The Balaban J connectivity index is 2.01. The number of amides is 1. The van der Waals surface area contributed by atoms with Gasteiger partial charge >= 0.3 is 0 Å². The number of hydrogen-bond donors (Lipinski definition) is 0. The summed E-state index contributed by atoms with van der Waals surface area (Å²) in [5, 5.41) is 0. The van der Waals surface area contributed by atoms with E-state index in [1.165, 1.54) is 12.8 Å². The molecule has 2 fully saturated rings. The van der Waals surface area contributed by atoms with E-state index in [9.17, 15) is 4.79 Å². The molecule has 1 aliphatic carbocycles. The Bertz CT molecular complexity index is 304. The summed E-state index contributed by atoms with van der Waals surface area (Å²) >= 11 is 0. The second-order valence-corrected chi connectivity index (χ2v) is 6.62. The molecular weight excluding hydrogens is 238 g/mol. The van der Waals surface area contributed by atoms with Crippen molar-refractivity contribution in [2.24, 2.45) is 11.3 Å². The average molecular weight is 267 g/mol. The highest BCUT2D eigenvalue weighted by molar-refractivity contribution is 5.77. The maximum absolute atomic E-state index is 12.7. The fourth-order valence-corrected chi connectivity index (χ4v) is 3.28. The van der Waals surface area contributed by atoms with Gasteiger partial charge in [0.15, 0.2) is 0 Å². The van der Waals surface area contributed by atoms with Crippen molar-refractivity contribution in [1.29, 1.82) is 0 Å². The summed E-state index contributed by atoms with van der Waals surface area (Å²) in [7, 11) is 0. The van der Waals surface area contributed by atoms with Gasteiger partial charge in [-0.05, 0) is 43.4 Å². The van der Waals surface area contributed by atoms with Gasteiger partial charge in [-0.25, -0.2) is 0 Å². The number of ether oxygens (including phenoxy) is 1. The lowest BCUT2D eigenvalue weighted by Crippen LogP contribution is -2.42. The van der Waals surface area contributed by atoms with Crippen LogP contribution in [0.3, 0.4) is 0 Å². The predicted octanol–water partition coefficient (Wildman–Crippen LogP) is 3.23. The van der Waals surface area contributed by atoms with Gasteiger partial charge in [-0.3, -0.25) is 4.79 Å². The minimum atomic E-state index is 0.177. The van der Waals surface area contributed by atoms with E-state index in [2.05, 4.69) is 25.7 Å². The van der Waals surface area contributed by atoms with Gasteiger partial charge < -0.3 is 9.64 Å². The van der Waals surface area contributed by atoms with Crippen LogP contribution in [0.15, 0.2) is 0 Å². The van der Waals surface area contributed by atoms with Gasteiger partial charge in [-0.2, -0.15) is 0 Å². The van der Waals surface area contributed by atoms with Crippen molar-refractivity contribution in [3.05, 3.63) is 0 Å². The van der Waals surface area contributed by atoms with Crippen LogP contribution in [0, 0.1) is 11.3 Å². The minimum Gasteiger partial charge on any atom is -0.381 e. The molecule has 1 amide bonds. The van der Waals surface area contributed by atoms with Gasteiger partial charge in [0.25, 0.3) is 0 Å². The van der Waals surface area contributed by atoms with Gasteiger partial charge in [0.2, 0.25) is 5.91 Å². The quantitative estimate of drug-likeness (QED) is 0.739. The first-order chi connectivity index (χ1) is 9.09. The number of hydrogen-bond acceptors (Lipinski definition) is 2. The molecule has 110 valence electrons. The molecule has 0 aromatic rings. The molecular formula is C16H29NO2. The lowest BCUT2D eigenvalue weighted by Gasteiger charge is -2.41. The molecule has 3 heteroatoms. The van der Waals surface area contributed by atoms with Gasteiger partial charge in [0.1, 0.15) is 0 Å².